The minimum absolute atomic E-state index is 0.0641. The molecule has 2 aromatic carbocycles. The number of urea groups is 1. The van der Waals surface area contributed by atoms with Gasteiger partial charge in [-0.1, -0.05) is 41.9 Å². The minimum atomic E-state index is -0.781. The molecule has 0 spiro atoms. The quantitative estimate of drug-likeness (QED) is 0.284. The molecule has 1 atom stereocenters. The molecule has 1 aliphatic rings. The smallest absolute Gasteiger partial charge is 0.319 e. The summed E-state index contributed by atoms with van der Waals surface area (Å²) in [5.41, 5.74) is 1.97. The number of rotatable bonds is 10. The molecule has 0 aliphatic heterocycles. The standard InChI is InChI=1S/C30H34ClN3O6/c1-4-39-26(35)16-24(19-10-7-11-21(15-19)40-18(2)3)32-30(38)33-27-28(36)22-12-8-14-25(22)34(29(27)37)17-20-9-5-6-13-23(20)31/h5-7,9-11,13,15,18,24,36H,4,8,12,14,16-17H2,1-3H3,(H2,32,33,38)/t24-/m0/s1. The second-order valence-electron chi connectivity index (χ2n) is 9.88. The Bertz CT molecular complexity index is 1450. The van der Waals surface area contributed by atoms with Crippen LogP contribution >= 0.6 is 11.6 Å². The third kappa shape index (κ3) is 6.77. The topological polar surface area (TPSA) is 119 Å². The molecular weight excluding hydrogens is 534 g/mol. The van der Waals surface area contributed by atoms with Gasteiger partial charge in [-0.2, -0.15) is 0 Å². The van der Waals surface area contributed by atoms with Crippen molar-refractivity contribution in [3.63, 3.8) is 0 Å². The van der Waals surface area contributed by atoms with Crippen molar-refractivity contribution in [1.29, 1.82) is 0 Å². The molecule has 0 bridgehead atoms. The molecule has 0 fully saturated rings. The number of nitrogens with zero attached hydrogens (tertiary/aromatic N) is 1. The van der Waals surface area contributed by atoms with Gasteiger partial charge in [0.2, 0.25) is 0 Å². The number of pyridine rings is 1. The third-order valence-corrected chi connectivity index (χ3v) is 7.00. The van der Waals surface area contributed by atoms with E-state index in [0.717, 1.165) is 17.7 Å². The average molecular weight is 568 g/mol. The highest BCUT2D eigenvalue weighted by molar-refractivity contribution is 6.31. The highest BCUT2D eigenvalue weighted by Gasteiger charge is 2.27. The molecule has 4 rings (SSSR count). The van der Waals surface area contributed by atoms with Crippen LogP contribution in [0.25, 0.3) is 0 Å². The Kier molecular flexibility index (Phi) is 9.37. The van der Waals surface area contributed by atoms with Gasteiger partial charge in [0.05, 0.1) is 31.7 Å². The van der Waals surface area contributed by atoms with Crippen molar-refractivity contribution in [3.8, 4) is 11.5 Å². The molecular formula is C30H34ClN3O6. The number of nitrogens with one attached hydrogen (secondary N) is 2. The Morgan fingerprint density at radius 1 is 1.12 bits per heavy atom. The van der Waals surface area contributed by atoms with E-state index in [1.54, 1.807) is 41.8 Å². The second-order valence-corrected chi connectivity index (χ2v) is 10.3. The normalized spacial score (nSPS) is 13.0. The predicted molar refractivity (Wildman–Crippen MR) is 153 cm³/mol. The van der Waals surface area contributed by atoms with Gasteiger partial charge in [0.15, 0.2) is 5.69 Å². The molecule has 2 amide bonds. The largest absolute Gasteiger partial charge is 0.505 e. The Balaban J connectivity index is 1.63. The van der Waals surface area contributed by atoms with Crippen LogP contribution in [0.5, 0.6) is 11.5 Å². The van der Waals surface area contributed by atoms with Gasteiger partial charge in [-0.3, -0.25) is 9.59 Å². The lowest BCUT2D eigenvalue weighted by Crippen LogP contribution is -2.37. The molecule has 1 aliphatic carbocycles. The third-order valence-electron chi connectivity index (χ3n) is 6.63. The van der Waals surface area contributed by atoms with Crippen LogP contribution in [0.1, 0.15) is 62.0 Å². The summed E-state index contributed by atoms with van der Waals surface area (Å²) in [6.45, 7) is 5.90. The fourth-order valence-corrected chi connectivity index (χ4v) is 5.09. The number of carbonyl (C=O) groups is 2. The van der Waals surface area contributed by atoms with Crippen LogP contribution in [0.15, 0.2) is 53.3 Å². The molecule has 1 heterocycles. The van der Waals surface area contributed by atoms with Crippen molar-refractivity contribution in [1.82, 2.24) is 9.88 Å². The van der Waals surface area contributed by atoms with Crippen molar-refractivity contribution < 1.29 is 24.2 Å². The van der Waals surface area contributed by atoms with Gasteiger partial charge in [-0.05, 0) is 69.4 Å². The SMILES string of the molecule is CCOC(=O)C[C@H](NC(=O)Nc1c(O)c2c(n(Cc3ccccc3Cl)c1=O)CCC2)c1cccc(OC(C)C)c1. The van der Waals surface area contributed by atoms with Crippen molar-refractivity contribution in [3.05, 3.63) is 86.3 Å². The van der Waals surface area contributed by atoms with E-state index in [2.05, 4.69) is 10.6 Å². The number of aromatic nitrogens is 1. The Morgan fingerprint density at radius 3 is 2.62 bits per heavy atom. The number of ether oxygens (including phenoxy) is 2. The molecule has 3 aromatic rings. The maximum absolute atomic E-state index is 13.6. The summed E-state index contributed by atoms with van der Waals surface area (Å²) in [6.07, 6.45) is 1.78. The molecule has 0 saturated carbocycles. The first-order chi connectivity index (χ1) is 19.2. The Hall–Kier alpha value is -3.98. The van der Waals surface area contributed by atoms with Crippen LogP contribution in [0, 0.1) is 0 Å². The number of hydrogen-bond acceptors (Lipinski definition) is 6. The van der Waals surface area contributed by atoms with E-state index in [4.69, 9.17) is 21.1 Å². The Morgan fingerprint density at radius 2 is 1.90 bits per heavy atom. The van der Waals surface area contributed by atoms with Crippen LogP contribution in [-0.4, -0.2) is 34.4 Å². The minimum Gasteiger partial charge on any atom is -0.505 e. The van der Waals surface area contributed by atoms with Crippen molar-refractivity contribution >= 4 is 29.3 Å². The summed E-state index contributed by atoms with van der Waals surface area (Å²) < 4.78 is 12.4. The molecule has 3 N–H and O–H groups in total. The van der Waals surface area contributed by atoms with Gasteiger partial charge in [0.1, 0.15) is 11.5 Å². The van der Waals surface area contributed by atoms with Crippen molar-refractivity contribution in [2.24, 2.45) is 0 Å². The lowest BCUT2D eigenvalue weighted by molar-refractivity contribution is -0.143. The maximum atomic E-state index is 13.6. The zero-order chi connectivity index (χ0) is 28.8. The van der Waals surface area contributed by atoms with Crippen molar-refractivity contribution in [2.75, 3.05) is 11.9 Å². The lowest BCUT2D eigenvalue weighted by Gasteiger charge is -2.21. The van der Waals surface area contributed by atoms with Gasteiger partial charge >= 0.3 is 12.0 Å². The number of esters is 1. The molecule has 1 aromatic heterocycles. The van der Waals surface area contributed by atoms with E-state index >= 15 is 0 Å². The van der Waals surface area contributed by atoms with Gasteiger partial charge in [-0.15, -0.1) is 0 Å². The van der Waals surface area contributed by atoms with E-state index in [9.17, 15) is 19.5 Å². The highest BCUT2D eigenvalue weighted by Crippen LogP contribution is 2.34. The first kappa shape index (κ1) is 29.0. The Labute approximate surface area is 238 Å². The number of aromatic hydroxyl groups is 1. The predicted octanol–water partition coefficient (Wildman–Crippen LogP) is 5.35. The van der Waals surface area contributed by atoms with Crippen LogP contribution in [0.2, 0.25) is 5.02 Å². The molecule has 9 nitrogen and oxygen atoms in total. The zero-order valence-electron chi connectivity index (χ0n) is 22.8. The number of anilines is 1. The monoisotopic (exact) mass is 567 g/mol. The van der Waals surface area contributed by atoms with Crippen LogP contribution < -0.4 is 20.9 Å². The van der Waals surface area contributed by atoms with E-state index in [1.165, 1.54) is 0 Å². The summed E-state index contributed by atoms with van der Waals surface area (Å²) in [6, 6.07) is 12.8. The van der Waals surface area contributed by atoms with Crippen molar-refractivity contribution in [2.45, 2.75) is 65.1 Å². The number of carbonyl (C=O) groups excluding carboxylic acids is 2. The maximum Gasteiger partial charge on any atom is 0.319 e. The summed E-state index contributed by atoms with van der Waals surface area (Å²) >= 11 is 6.36. The number of benzene rings is 2. The molecule has 0 unspecified atom stereocenters. The van der Waals surface area contributed by atoms with E-state index in [0.29, 0.717) is 34.7 Å². The summed E-state index contributed by atoms with van der Waals surface area (Å²) in [5.74, 6) is -0.148. The van der Waals surface area contributed by atoms with E-state index < -0.39 is 23.6 Å². The van der Waals surface area contributed by atoms with Crippen LogP contribution in [-0.2, 0) is 28.9 Å². The van der Waals surface area contributed by atoms with Gasteiger partial charge in [0.25, 0.3) is 5.56 Å². The van der Waals surface area contributed by atoms with Crippen LogP contribution in [0.3, 0.4) is 0 Å². The first-order valence-corrected chi connectivity index (χ1v) is 13.8. The van der Waals surface area contributed by atoms with Gasteiger partial charge < -0.3 is 29.8 Å². The van der Waals surface area contributed by atoms with E-state index in [-0.39, 0.29) is 37.1 Å². The fraction of sp³-hybridized carbons (Fsp3) is 0.367. The lowest BCUT2D eigenvalue weighted by atomic mass is 10.0. The summed E-state index contributed by atoms with van der Waals surface area (Å²) in [7, 11) is 0. The first-order valence-electron chi connectivity index (χ1n) is 13.4. The van der Waals surface area contributed by atoms with E-state index in [1.807, 2.05) is 32.0 Å². The molecule has 0 radical (unpaired) electrons. The highest BCUT2D eigenvalue weighted by atomic mass is 35.5. The summed E-state index contributed by atoms with van der Waals surface area (Å²) in [4.78, 5) is 39.2. The molecule has 212 valence electrons. The molecule has 0 saturated heterocycles. The zero-order valence-corrected chi connectivity index (χ0v) is 23.6. The number of halogens is 1. The summed E-state index contributed by atoms with van der Waals surface area (Å²) in [5, 5.41) is 16.8. The number of hydrogen-bond donors (Lipinski definition) is 3. The second kappa shape index (κ2) is 12.9. The van der Waals surface area contributed by atoms with Gasteiger partial charge in [0, 0.05) is 16.3 Å². The molecule has 40 heavy (non-hydrogen) atoms. The number of amides is 2. The molecule has 10 heteroatoms. The average Bonchev–Trinajstić information content (AvgIpc) is 3.40. The van der Waals surface area contributed by atoms with Crippen LogP contribution in [0.4, 0.5) is 10.5 Å². The number of fused-ring (bicyclic) bond motifs is 1. The fourth-order valence-electron chi connectivity index (χ4n) is 4.89. The van der Waals surface area contributed by atoms with Gasteiger partial charge in [-0.25, -0.2) is 4.79 Å².